The molecule has 0 aromatic rings. The maximum atomic E-state index is 12.3. The maximum Gasteiger partial charge on any atom is 0.472 e. The van der Waals surface area contributed by atoms with Crippen molar-refractivity contribution >= 4 is 43.9 Å². The van der Waals surface area contributed by atoms with Gasteiger partial charge in [-0.3, -0.25) is 37.8 Å². The molecule has 0 radical (unpaired) electrons. The van der Waals surface area contributed by atoms with Crippen LogP contribution in [0.4, 0.5) is 0 Å². The Labute approximate surface area is 516 Å². The van der Waals surface area contributed by atoms with Crippen LogP contribution in [-0.2, 0) is 47.1 Å². The largest absolute Gasteiger partial charge is 0.483 e. The lowest BCUT2D eigenvalue weighted by atomic mass is 9.79. The van der Waals surface area contributed by atoms with Gasteiger partial charge in [-0.1, -0.05) is 223 Å². The second kappa shape index (κ2) is 60.8. The Hall–Kier alpha value is -4.89. The monoisotopic (exact) mass is 1220 g/mol. The number of ether oxygens (including phenoxy) is 1. The number of hydrogen-bond donors (Lipinski definition) is 6. The SMILES string of the molecule is CCCCCCCC/C=C\CCCCCCCC.CCCCCCCC/C=C\CCCCCCCC(=O)OCCCOP(=O)(O)OCCNC(=O)CNC(=O)CNC(=O)CNC(=O)/C=C(C)/C=C/C=C(C)/C=C/C(=C(C)C)C(C)(C)CC.O=CO. The molecule has 85 heavy (non-hydrogen) atoms. The zero-order valence-corrected chi connectivity index (χ0v) is 55.8. The van der Waals surface area contributed by atoms with Crippen LogP contribution in [-0.4, -0.2) is 92.1 Å². The van der Waals surface area contributed by atoms with E-state index >= 15 is 0 Å². The van der Waals surface area contributed by atoms with E-state index in [1.165, 1.54) is 152 Å². The van der Waals surface area contributed by atoms with Gasteiger partial charge in [-0.2, -0.15) is 0 Å². The molecule has 17 heteroatoms. The predicted octanol–water partition coefficient (Wildman–Crippen LogP) is 16.1. The molecular weight excluding hydrogens is 1100 g/mol. The van der Waals surface area contributed by atoms with Crippen molar-refractivity contribution in [2.75, 3.05) is 46.0 Å². The first kappa shape index (κ1) is 84.3. The van der Waals surface area contributed by atoms with Crippen molar-refractivity contribution < 1.29 is 57.1 Å². The molecule has 1 unspecified atom stereocenters. The van der Waals surface area contributed by atoms with E-state index in [9.17, 15) is 33.4 Å². The molecule has 0 fully saturated rings. The first-order chi connectivity index (χ1) is 40.7. The van der Waals surface area contributed by atoms with Gasteiger partial charge in [0.1, 0.15) is 0 Å². The van der Waals surface area contributed by atoms with Crippen LogP contribution in [0.5, 0.6) is 0 Å². The van der Waals surface area contributed by atoms with Crippen LogP contribution in [0.3, 0.4) is 0 Å². The van der Waals surface area contributed by atoms with Gasteiger partial charge in [0.2, 0.25) is 23.6 Å². The number of carbonyl (C=O) groups is 6. The summed E-state index contributed by atoms with van der Waals surface area (Å²) >= 11 is 0. The summed E-state index contributed by atoms with van der Waals surface area (Å²) in [4.78, 5) is 78.7. The molecule has 0 aliphatic carbocycles. The fourth-order valence-corrected chi connectivity index (χ4v) is 9.20. The molecule has 0 bridgehead atoms. The fraction of sp³-hybridized carbons (Fsp3) is 0.706. The molecule has 1 atom stereocenters. The van der Waals surface area contributed by atoms with Crippen LogP contribution in [0.15, 0.2) is 83.1 Å². The van der Waals surface area contributed by atoms with E-state index in [2.05, 4.69) is 113 Å². The average Bonchev–Trinajstić information content (AvgIpc) is 3.51. The van der Waals surface area contributed by atoms with E-state index < -0.39 is 44.5 Å². The number of carboxylic acid groups (broad SMARTS) is 1. The average molecular weight is 1220 g/mol. The Balaban J connectivity index is -0.00000269. The third-order valence-electron chi connectivity index (χ3n) is 13.8. The Morgan fingerprint density at radius 3 is 1.36 bits per heavy atom. The number of hydrogen-bond acceptors (Lipinski definition) is 10. The van der Waals surface area contributed by atoms with Crippen molar-refractivity contribution in [3.8, 4) is 0 Å². The minimum atomic E-state index is -4.40. The van der Waals surface area contributed by atoms with Crippen LogP contribution in [0, 0.1) is 5.41 Å². The minimum Gasteiger partial charge on any atom is -0.483 e. The van der Waals surface area contributed by atoms with Gasteiger partial charge in [-0.15, -0.1) is 0 Å². The zero-order valence-electron chi connectivity index (χ0n) is 54.9. The Bertz CT molecular complexity index is 1990. The molecule has 0 aliphatic heterocycles. The first-order valence-corrected chi connectivity index (χ1v) is 33.9. The van der Waals surface area contributed by atoms with Crippen molar-refractivity contribution in [3.05, 3.63) is 83.1 Å². The molecule has 490 valence electrons. The number of phosphoric acid groups is 1. The molecule has 0 aliphatic rings. The summed E-state index contributed by atoms with van der Waals surface area (Å²) in [6.07, 6.45) is 57.1. The van der Waals surface area contributed by atoms with Gasteiger partial charge >= 0.3 is 13.8 Å². The molecule has 4 amide bonds. The first-order valence-electron chi connectivity index (χ1n) is 32.4. The third-order valence-corrected chi connectivity index (χ3v) is 14.8. The van der Waals surface area contributed by atoms with E-state index in [-0.39, 0.29) is 57.2 Å². The number of unbranched alkanes of at least 4 members (excludes halogenated alkanes) is 23. The van der Waals surface area contributed by atoms with Crippen molar-refractivity contribution in [2.45, 2.75) is 262 Å². The molecule has 0 aromatic carbocycles. The van der Waals surface area contributed by atoms with Crippen LogP contribution < -0.4 is 21.3 Å². The molecule has 0 aromatic heterocycles. The smallest absolute Gasteiger partial charge is 0.472 e. The zero-order chi connectivity index (χ0) is 64.1. The molecular formula is C68H121N4O12P. The summed E-state index contributed by atoms with van der Waals surface area (Å²) in [5, 5.41) is 16.5. The maximum absolute atomic E-state index is 12.3. The number of carbonyl (C=O) groups excluding carboxylic acids is 5. The molecule has 0 spiro atoms. The lowest BCUT2D eigenvalue weighted by Gasteiger charge is -2.26. The van der Waals surface area contributed by atoms with E-state index in [1.807, 2.05) is 19.1 Å². The molecule has 0 rings (SSSR count). The van der Waals surface area contributed by atoms with Crippen molar-refractivity contribution in [2.24, 2.45) is 5.41 Å². The summed E-state index contributed by atoms with van der Waals surface area (Å²) in [5.41, 5.74) is 4.40. The number of nitrogens with one attached hydrogen (secondary N) is 4. The third kappa shape index (κ3) is 62.0. The second-order valence-electron chi connectivity index (χ2n) is 22.5. The van der Waals surface area contributed by atoms with E-state index in [0.717, 1.165) is 50.5 Å². The van der Waals surface area contributed by atoms with Gasteiger partial charge in [-0.05, 0) is 108 Å². The standard InChI is InChI=1S/C49H83N4O10P.C18H36.CH2O2/c1-9-11-12-13-14-15-16-17-18-19-20-21-22-23-24-29-48(58)61-33-26-34-62-64(59,60)63-35-32-50-45(55)37-52-47(57)39-53-46(56)38-51-44(54)36-42(6)28-25-27-41(5)30-31-43(40(3)4)49(7,8)10-2;1-3-5-7-9-11-13-15-17-18-16-14-12-10-8-6-4-2;2-1-3/h17-18,25,27-28,30-31,36H,9-16,19-24,26,29,32-35,37-39H2,1-8H3,(H,50,55)(H,51,54)(H,52,57)(H,53,56)(H,59,60);17-18H,3-16H2,1-2H3;1H,(H,2,3)/b18-17-,28-25+,31-30+,41-27+,42-36+;18-17-;. The van der Waals surface area contributed by atoms with Crippen LogP contribution in [0.25, 0.3) is 0 Å². The Morgan fingerprint density at radius 1 is 0.506 bits per heavy atom. The lowest BCUT2D eigenvalue weighted by Crippen LogP contribution is -2.44. The van der Waals surface area contributed by atoms with Crippen LogP contribution in [0.2, 0.25) is 0 Å². The highest BCUT2D eigenvalue weighted by molar-refractivity contribution is 7.47. The highest BCUT2D eigenvalue weighted by Gasteiger charge is 2.21. The number of allylic oxidation sites excluding steroid dienone is 13. The summed E-state index contributed by atoms with van der Waals surface area (Å²) < 4.78 is 27.0. The normalized spacial score (nSPS) is 12.6. The highest BCUT2D eigenvalue weighted by Crippen LogP contribution is 2.43. The van der Waals surface area contributed by atoms with Gasteiger partial charge in [0, 0.05) is 25.5 Å². The van der Waals surface area contributed by atoms with Gasteiger partial charge in [0.15, 0.2) is 0 Å². The van der Waals surface area contributed by atoms with Crippen molar-refractivity contribution in [3.63, 3.8) is 0 Å². The number of phosphoric ester groups is 1. The molecule has 16 nitrogen and oxygen atoms in total. The summed E-state index contributed by atoms with van der Waals surface area (Å²) in [6, 6.07) is 0. The topological polar surface area (TPSA) is 236 Å². The lowest BCUT2D eigenvalue weighted by molar-refractivity contribution is -0.144. The van der Waals surface area contributed by atoms with E-state index in [1.54, 1.807) is 13.0 Å². The molecule has 6 N–H and O–H groups in total. The second-order valence-corrected chi connectivity index (χ2v) is 24.0. The quantitative estimate of drug-likeness (QED) is 0.00635. The number of rotatable bonds is 51. The van der Waals surface area contributed by atoms with Crippen LogP contribution >= 0.6 is 7.82 Å². The van der Waals surface area contributed by atoms with Crippen molar-refractivity contribution in [1.29, 1.82) is 0 Å². The van der Waals surface area contributed by atoms with Gasteiger partial charge < -0.3 is 36.0 Å². The molecule has 0 heterocycles. The van der Waals surface area contributed by atoms with E-state index in [0.29, 0.717) is 12.0 Å². The van der Waals surface area contributed by atoms with Gasteiger partial charge in [0.05, 0.1) is 39.5 Å². The Kier molecular flexibility index (Phi) is 60.3. The molecule has 0 saturated carbocycles. The van der Waals surface area contributed by atoms with Crippen LogP contribution in [0.1, 0.15) is 262 Å². The predicted molar refractivity (Wildman–Crippen MR) is 351 cm³/mol. The Morgan fingerprint density at radius 2 is 0.918 bits per heavy atom. The molecule has 0 saturated heterocycles. The summed E-state index contributed by atoms with van der Waals surface area (Å²) in [6.45, 7) is 19.4. The van der Waals surface area contributed by atoms with Gasteiger partial charge in [0.25, 0.3) is 6.47 Å². The highest BCUT2D eigenvalue weighted by atomic mass is 31.2. The fourth-order valence-electron chi connectivity index (χ4n) is 8.45. The van der Waals surface area contributed by atoms with Crippen molar-refractivity contribution in [1.82, 2.24) is 21.3 Å². The minimum absolute atomic E-state index is 0.0506. The number of esters is 1. The summed E-state index contributed by atoms with van der Waals surface area (Å²) in [7, 11) is -4.40. The summed E-state index contributed by atoms with van der Waals surface area (Å²) in [5.74, 6) is -2.62. The number of amides is 4. The van der Waals surface area contributed by atoms with Gasteiger partial charge in [-0.25, -0.2) is 4.57 Å². The van der Waals surface area contributed by atoms with E-state index in [4.69, 9.17) is 23.7 Å².